The number of nitriles is 1. The first kappa shape index (κ1) is 18.5. The van der Waals surface area contributed by atoms with Gasteiger partial charge in [-0.2, -0.15) is 5.26 Å². The number of carbonyl (C=O) groups excluding carboxylic acids is 2. The molecule has 1 saturated heterocycles. The molecular weight excluding hydrogens is 348 g/mol. The van der Waals surface area contributed by atoms with Gasteiger partial charge in [0.05, 0.1) is 10.4 Å². The number of thiazole rings is 1. The zero-order valence-corrected chi connectivity index (χ0v) is 15.5. The fourth-order valence-electron chi connectivity index (χ4n) is 2.27. The fourth-order valence-corrected chi connectivity index (χ4v) is 3.53. The van der Waals surface area contributed by atoms with E-state index in [-0.39, 0.29) is 17.9 Å². The lowest BCUT2D eigenvalue weighted by molar-refractivity contribution is -0.121. The minimum Gasteiger partial charge on any atom is -0.444 e. The number of thiocyanates is 1. The van der Waals surface area contributed by atoms with Gasteiger partial charge in [-0.3, -0.25) is 4.79 Å². The van der Waals surface area contributed by atoms with Crippen molar-refractivity contribution in [1.29, 1.82) is 5.26 Å². The number of nitrogens with zero attached hydrogens (tertiary/aromatic N) is 3. The van der Waals surface area contributed by atoms with E-state index in [0.717, 1.165) is 16.0 Å². The Morgan fingerprint density at radius 2 is 2.12 bits per heavy atom. The number of thioether (sulfide) groups is 1. The molecule has 24 heavy (non-hydrogen) atoms. The average Bonchev–Trinajstić information content (AvgIpc) is 2.93. The molecule has 1 aromatic rings. The zero-order chi connectivity index (χ0) is 17.7. The van der Waals surface area contributed by atoms with E-state index in [1.54, 1.807) is 11.1 Å². The van der Waals surface area contributed by atoms with Gasteiger partial charge in [-0.15, -0.1) is 0 Å². The van der Waals surface area contributed by atoms with Gasteiger partial charge in [0.15, 0.2) is 5.13 Å². The Labute approximate surface area is 149 Å². The number of anilines is 1. The second-order valence-corrected chi connectivity index (χ2v) is 8.52. The van der Waals surface area contributed by atoms with E-state index in [4.69, 9.17) is 10.00 Å². The molecule has 0 spiro atoms. The predicted molar refractivity (Wildman–Crippen MR) is 92.7 cm³/mol. The fraction of sp³-hybridized carbons (Fsp3) is 0.600. The molecule has 1 aromatic heterocycles. The van der Waals surface area contributed by atoms with E-state index in [1.165, 1.54) is 11.3 Å². The third-order valence-corrected chi connectivity index (χ3v) is 4.98. The molecule has 130 valence electrons. The number of rotatable bonds is 3. The Morgan fingerprint density at radius 3 is 2.71 bits per heavy atom. The number of nitrogens with one attached hydrogen (secondary N) is 1. The van der Waals surface area contributed by atoms with E-state index < -0.39 is 5.60 Å². The third-order valence-electron chi connectivity index (χ3n) is 3.38. The summed E-state index contributed by atoms with van der Waals surface area (Å²) in [6.45, 7) is 6.49. The van der Waals surface area contributed by atoms with Gasteiger partial charge < -0.3 is 15.0 Å². The lowest BCUT2D eigenvalue weighted by Gasteiger charge is -2.32. The SMILES string of the molecule is CC(C)(C)OC(=O)N1CCC(C(=O)Nc2ncc(SC#N)s2)CC1. The van der Waals surface area contributed by atoms with Crippen molar-refractivity contribution in [3.63, 3.8) is 0 Å². The standard InChI is InChI=1S/C15H20N4O3S2/c1-15(2,3)22-14(21)19-6-4-10(5-7-19)12(20)18-13-17-8-11(24-13)23-9-16/h8,10H,4-7H2,1-3H3,(H,17,18,20). The number of aromatic nitrogens is 1. The summed E-state index contributed by atoms with van der Waals surface area (Å²) < 4.78 is 6.09. The van der Waals surface area contributed by atoms with Crippen molar-refractivity contribution in [3.8, 4) is 5.40 Å². The van der Waals surface area contributed by atoms with E-state index in [9.17, 15) is 9.59 Å². The van der Waals surface area contributed by atoms with Crippen molar-refractivity contribution in [2.75, 3.05) is 18.4 Å². The van der Waals surface area contributed by atoms with Crippen LogP contribution in [0.4, 0.5) is 9.93 Å². The molecule has 1 aliphatic heterocycles. The highest BCUT2D eigenvalue weighted by Gasteiger charge is 2.30. The number of amides is 2. The molecule has 1 aliphatic rings. The summed E-state index contributed by atoms with van der Waals surface area (Å²) in [6, 6.07) is 0. The molecule has 0 saturated carbocycles. The maximum Gasteiger partial charge on any atom is 0.410 e. The van der Waals surface area contributed by atoms with Crippen molar-refractivity contribution >= 4 is 40.2 Å². The van der Waals surface area contributed by atoms with E-state index in [0.29, 0.717) is 31.1 Å². The zero-order valence-electron chi connectivity index (χ0n) is 13.9. The second-order valence-electron chi connectivity index (χ2n) is 6.41. The van der Waals surface area contributed by atoms with Gasteiger partial charge in [0, 0.05) is 30.8 Å². The summed E-state index contributed by atoms with van der Waals surface area (Å²) in [5, 5.41) is 13.9. The van der Waals surface area contributed by atoms with Crippen LogP contribution in [0.25, 0.3) is 0 Å². The highest BCUT2D eigenvalue weighted by molar-refractivity contribution is 8.05. The van der Waals surface area contributed by atoms with Crippen LogP contribution in [-0.4, -0.2) is 40.6 Å². The number of hydrogen-bond acceptors (Lipinski definition) is 7. The molecule has 9 heteroatoms. The summed E-state index contributed by atoms with van der Waals surface area (Å²) in [6.07, 6.45) is 2.42. The third kappa shape index (κ3) is 5.39. The molecule has 1 fully saturated rings. The molecular formula is C15H20N4O3S2. The molecule has 2 amide bonds. The van der Waals surface area contributed by atoms with Gasteiger partial charge in [0.1, 0.15) is 11.0 Å². The Hall–Kier alpha value is -1.79. The highest BCUT2D eigenvalue weighted by atomic mass is 32.2. The van der Waals surface area contributed by atoms with Crippen LogP contribution in [0.3, 0.4) is 0 Å². The minimum atomic E-state index is -0.519. The molecule has 1 N–H and O–H groups in total. The maximum atomic E-state index is 12.3. The highest BCUT2D eigenvalue weighted by Crippen LogP contribution is 2.28. The molecule has 0 aromatic carbocycles. The van der Waals surface area contributed by atoms with E-state index in [1.807, 2.05) is 26.2 Å². The second kappa shape index (κ2) is 7.85. The maximum absolute atomic E-state index is 12.3. The van der Waals surface area contributed by atoms with E-state index in [2.05, 4.69) is 10.3 Å². The average molecular weight is 368 g/mol. The Kier molecular flexibility index (Phi) is 6.07. The van der Waals surface area contributed by atoms with Gasteiger partial charge >= 0.3 is 6.09 Å². The summed E-state index contributed by atoms with van der Waals surface area (Å²) in [5.41, 5.74) is -0.519. The molecule has 7 nitrogen and oxygen atoms in total. The first-order valence-electron chi connectivity index (χ1n) is 7.59. The summed E-state index contributed by atoms with van der Waals surface area (Å²) in [7, 11) is 0. The minimum absolute atomic E-state index is 0.0957. The van der Waals surface area contributed by atoms with E-state index >= 15 is 0 Å². The van der Waals surface area contributed by atoms with Crippen LogP contribution >= 0.6 is 23.1 Å². The monoisotopic (exact) mass is 368 g/mol. The molecule has 0 unspecified atom stereocenters. The van der Waals surface area contributed by atoms with Gasteiger partial charge in [-0.1, -0.05) is 11.3 Å². The summed E-state index contributed by atoms with van der Waals surface area (Å²) in [5.74, 6) is -0.249. The van der Waals surface area contributed by atoms with Gasteiger partial charge in [-0.05, 0) is 33.6 Å². The lowest BCUT2D eigenvalue weighted by atomic mass is 9.96. The van der Waals surface area contributed by atoms with Crippen LogP contribution in [0.2, 0.25) is 0 Å². The lowest BCUT2D eigenvalue weighted by Crippen LogP contribution is -2.43. The summed E-state index contributed by atoms with van der Waals surface area (Å²) in [4.78, 5) is 30.0. The topological polar surface area (TPSA) is 95.3 Å². The number of ether oxygens (including phenoxy) is 1. The largest absolute Gasteiger partial charge is 0.444 e. The van der Waals surface area contributed by atoms with Crippen molar-refractivity contribution in [2.45, 2.75) is 43.4 Å². The molecule has 0 bridgehead atoms. The van der Waals surface area contributed by atoms with Crippen LogP contribution in [0.15, 0.2) is 10.4 Å². The quantitative estimate of drug-likeness (QED) is 0.650. The van der Waals surface area contributed by atoms with Crippen molar-refractivity contribution in [1.82, 2.24) is 9.88 Å². The molecule has 2 heterocycles. The number of likely N-dealkylation sites (tertiary alicyclic amines) is 1. The van der Waals surface area contributed by atoms with Gasteiger partial charge in [0.2, 0.25) is 5.91 Å². The number of piperidine rings is 1. The Bertz CT molecular complexity index is 640. The number of hydrogen-bond donors (Lipinski definition) is 1. The Morgan fingerprint density at radius 1 is 1.46 bits per heavy atom. The van der Waals surface area contributed by atoms with Gasteiger partial charge in [0.25, 0.3) is 0 Å². The first-order valence-corrected chi connectivity index (χ1v) is 9.22. The Balaban J connectivity index is 1.82. The van der Waals surface area contributed by atoms with Crippen molar-refractivity contribution in [3.05, 3.63) is 6.20 Å². The number of carbonyl (C=O) groups is 2. The van der Waals surface area contributed by atoms with Gasteiger partial charge in [-0.25, -0.2) is 9.78 Å². The first-order chi connectivity index (χ1) is 11.3. The molecule has 0 atom stereocenters. The van der Waals surface area contributed by atoms with Crippen molar-refractivity contribution in [2.24, 2.45) is 5.92 Å². The van der Waals surface area contributed by atoms with Crippen LogP contribution in [0, 0.1) is 16.6 Å². The molecule has 2 rings (SSSR count). The van der Waals surface area contributed by atoms with Crippen LogP contribution < -0.4 is 5.32 Å². The van der Waals surface area contributed by atoms with Crippen LogP contribution in [0.5, 0.6) is 0 Å². The van der Waals surface area contributed by atoms with Crippen LogP contribution in [-0.2, 0) is 9.53 Å². The molecule has 0 radical (unpaired) electrons. The molecule has 0 aliphatic carbocycles. The van der Waals surface area contributed by atoms with Crippen molar-refractivity contribution < 1.29 is 14.3 Å². The normalized spacial score (nSPS) is 15.7. The van der Waals surface area contributed by atoms with Crippen LogP contribution in [0.1, 0.15) is 33.6 Å². The smallest absolute Gasteiger partial charge is 0.410 e. The predicted octanol–water partition coefficient (Wildman–Crippen LogP) is 3.30. The summed E-state index contributed by atoms with van der Waals surface area (Å²) >= 11 is 2.29.